The van der Waals surface area contributed by atoms with Crippen LogP contribution in [0.2, 0.25) is 0 Å². The highest BCUT2D eigenvalue weighted by Crippen LogP contribution is 1.99. The van der Waals surface area contributed by atoms with E-state index in [1.807, 2.05) is 0 Å². The number of hydrogen-bond acceptors (Lipinski definition) is 2. The number of unbranched alkanes of at least 4 members (excludes halogenated alkanes) is 2. The third-order valence-electron chi connectivity index (χ3n) is 3.56. The van der Waals surface area contributed by atoms with E-state index in [1.165, 1.54) is 12.8 Å². The first kappa shape index (κ1) is 20.2. The lowest BCUT2D eigenvalue weighted by Gasteiger charge is -2.06. The van der Waals surface area contributed by atoms with Gasteiger partial charge in [-0.3, -0.25) is 0 Å². The molecule has 4 heteroatoms. The monoisotopic (exact) mass is 325 g/mol. The van der Waals surface area contributed by atoms with Crippen LogP contribution in [0.4, 0.5) is 0 Å². The van der Waals surface area contributed by atoms with Crippen LogP contribution in [0.3, 0.4) is 0 Å². The lowest BCUT2D eigenvalue weighted by atomic mass is 10.2. The fourth-order valence-corrected chi connectivity index (χ4v) is 2.34. The van der Waals surface area contributed by atoms with E-state index < -0.39 is 0 Å². The second-order valence-corrected chi connectivity index (χ2v) is 7.24. The highest BCUT2D eigenvalue weighted by molar-refractivity contribution is 4.66. The smallest absolute Gasteiger partial charge is 0.243 e. The molecule has 0 saturated carbocycles. The van der Waals surface area contributed by atoms with E-state index >= 15 is 0 Å². The van der Waals surface area contributed by atoms with Gasteiger partial charge in [-0.1, -0.05) is 27.7 Å². The molecule has 1 aromatic heterocycles. The Hall–Kier alpha value is -0.870. The molecule has 0 radical (unpaired) electrons. The van der Waals surface area contributed by atoms with Gasteiger partial charge in [-0.2, -0.15) is 0 Å². The number of ether oxygens (including phenoxy) is 2. The van der Waals surface area contributed by atoms with E-state index in [-0.39, 0.29) is 0 Å². The normalized spacial score (nSPS) is 11.7. The highest BCUT2D eigenvalue weighted by Gasteiger charge is 2.04. The first-order valence-electron chi connectivity index (χ1n) is 9.28. The van der Waals surface area contributed by atoms with Crippen molar-refractivity contribution in [2.75, 3.05) is 26.4 Å². The van der Waals surface area contributed by atoms with Gasteiger partial charge >= 0.3 is 0 Å². The Balaban J connectivity index is 2.01. The van der Waals surface area contributed by atoms with Crippen molar-refractivity contribution in [3.05, 3.63) is 18.7 Å². The summed E-state index contributed by atoms with van der Waals surface area (Å²) in [6, 6.07) is 0. The second kappa shape index (κ2) is 12.5. The van der Waals surface area contributed by atoms with E-state index in [0.717, 1.165) is 52.4 Å². The summed E-state index contributed by atoms with van der Waals surface area (Å²) in [7, 11) is 0. The van der Waals surface area contributed by atoms with E-state index in [4.69, 9.17) is 9.47 Å². The summed E-state index contributed by atoms with van der Waals surface area (Å²) in [4.78, 5) is 0. The fourth-order valence-electron chi connectivity index (χ4n) is 2.34. The molecule has 0 amide bonds. The van der Waals surface area contributed by atoms with E-state index in [2.05, 4.69) is 55.6 Å². The minimum atomic E-state index is 0.634. The third-order valence-corrected chi connectivity index (χ3v) is 3.56. The molecular formula is C19H37N2O2+. The Labute approximate surface area is 142 Å². The highest BCUT2D eigenvalue weighted by atomic mass is 16.5. The standard InChI is InChI=1S/C19H37N2O2/c1-18(2)15-22-13-7-5-9-20-11-12-21(17-20)10-6-8-14-23-16-19(3)4/h11-12,17-19H,5-10,13-16H2,1-4H3/q+1. The van der Waals surface area contributed by atoms with E-state index in [9.17, 15) is 0 Å². The molecule has 4 nitrogen and oxygen atoms in total. The third kappa shape index (κ3) is 11.3. The Morgan fingerprint density at radius 1 is 0.870 bits per heavy atom. The first-order chi connectivity index (χ1) is 11.1. The zero-order valence-corrected chi connectivity index (χ0v) is 15.7. The topological polar surface area (TPSA) is 27.3 Å². The summed E-state index contributed by atoms with van der Waals surface area (Å²) < 4.78 is 15.8. The molecule has 1 aromatic rings. The molecule has 0 atom stereocenters. The molecule has 0 aromatic carbocycles. The van der Waals surface area contributed by atoms with Gasteiger partial charge in [0.05, 0.1) is 13.1 Å². The van der Waals surface area contributed by atoms with Crippen molar-refractivity contribution in [2.24, 2.45) is 11.8 Å². The van der Waals surface area contributed by atoms with Crippen molar-refractivity contribution >= 4 is 0 Å². The number of imidazole rings is 1. The molecule has 0 bridgehead atoms. The Bertz CT molecular complexity index is 354. The van der Waals surface area contributed by atoms with Gasteiger partial charge < -0.3 is 9.47 Å². The molecule has 0 saturated heterocycles. The van der Waals surface area contributed by atoms with Crippen LogP contribution in [0, 0.1) is 11.8 Å². The zero-order chi connectivity index (χ0) is 16.9. The number of aryl methyl sites for hydroxylation is 2. The van der Waals surface area contributed by atoms with Crippen LogP contribution in [0.25, 0.3) is 0 Å². The largest absolute Gasteiger partial charge is 0.381 e. The molecule has 0 aliphatic rings. The maximum atomic E-state index is 5.61. The predicted octanol–water partition coefficient (Wildman–Crippen LogP) is 3.68. The average Bonchev–Trinajstić information content (AvgIpc) is 2.93. The zero-order valence-electron chi connectivity index (χ0n) is 15.7. The minimum absolute atomic E-state index is 0.634. The molecule has 23 heavy (non-hydrogen) atoms. The minimum Gasteiger partial charge on any atom is -0.381 e. The lowest BCUT2D eigenvalue weighted by Crippen LogP contribution is -2.31. The predicted molar refractivity (Wildman–Crippen MR) is 94.4 cm³/mol. The molecule has 0 spiro atoms. The molecule has 1 rings (SSSR count). The summed E-state index contributed by atoms with van der Waals surface area (Å²) in [6.45, 7) is 14.4. The number of nitrogens with zero attached hydrogens (tertiary/aromatic N) is 2. The summed E-state index contributed by atoms with van der Waals surface area (Å²) >= 11 is 0. The molecule has 134 valence electrons. The number of hydrogen-bond donors (Lipinski definition) is 0. The SMILES string of the molecule is CC(C)COCCCCn1cc[n+](CCCCOCC(C)C)c1. The molecule has 0 N–H and O–H groups in total. The van der Waals surface area contributed by atoms with Crippen LogP contribution in [-0.4, -0.2) is 31.0 Å². The lowest BCUT2D eigenvalue weighted by molar-refractivity contribution is -0.697. The van der Waals surface area contributed by atoms with Crippen LogP contribution in [0.5, 0.6) is 0 Å². The molecule has 0 unspecified atom stereocenters. The summed E-state index contributed by atoms with van der Waals surface area (Å²) in [6.07, 6.45) is 11.2. The Morgan fingerprint density at radius 3 is 2.09 bits per heavy atom. The Morgan fingerprint density at radius 2 is 1.48 bits per heavy atom. The maximum absolute atomic E-state index is 5.61. The molecule has 0 fully saturated rings. The summed E-state index contributed by atoms with van der Waals surface area (Å²) in [5.74, 6) is 1.27. The van der Waals surface area contributed by atoms with Crippen LogP contribution < -0.4 is 4.57 Å². The van der Waals surface area contributed by atoms with Gasteiger partial charge in [0.2, 0.25) is 6.33 Å². The van der Waals surface area contributed by atoms with E-state index in [0.29, 0.717) is 11.8 Å². The van der Waals surface area contributed by atoms with Crippen molar-refractivity contribution in [1.82, 2.24) is 4.57 Å². The molecule has 0 aliphatic heterocycles. The van der Waals surface area contributed by atoms with Gasteiger partial charge in [-0.25, -0.2) is 9.13 Å². The molecular weight excluding hydrogens is 288 g/mol. The Kier molecular flexibility index (Phi) is 11.0. The van der Waals surface area contributed by atoms with Gasteiger partial charge in [0, 0.05) is 26.4 Å². The second-order valence-electron chi connectivity index (χ2n) is 7.24. The van der Waals surface area contributed by atoms with E-state index in [1.54, 1.807) is 0 Å². The van der Waals surface area contributed by atoms with Gasteiger partial charge in [0.25, 0.3) is 0 Å². The van der Waals surface area contributed by atoms with Gasteiger partial charge in [-0.05, 0) is 37.5 Å². The summed E-state index contributed by atoms with van der Waals surface area (Å²) in [5.41, 5.74) is 0. The van der Waals surface area contributed by atoms with Gasteiger partial charge in [0.15, 0.2) is 0 Å². The van der Waals surface area contributed by atoms with Gasteiger partial charge in [-0.15, -0.1) is 0 Å². The van der Waals surface area contributed by atoms with Crippen molar-refractivity contribution < 1.29 is 14.0 Å². The van der Waals surface area contributed by atoms with Crippen molar-refractivity contribution in [3.8, 4) is 0 Å². The van der Waals surface area contributed by atoms with Crippen molar-refractivity contribution in [1.29, 1.82) is 0 Å². The maximum Gasteiger partial charge on any atom is 0.243 e. The number of aromatic nitrogens is 2. The average molecular weight is 326 g/mol. The first-order valence-corrected chi connectivity index (χ1v) is 9.28. The van der Waals surface area contributed by atoms with Crippen LogP contribution in [-0.2, 0) is 22.6 Å². The van der Waals surface area contributed by atoms with Gasteiger partial charge in [0.1, 0.15) is 12.4 Å². The quantitative estimate of drug-likeness (QED) is 0.385. The molecule has 1 heterocycles. The van der Waals surface area contributed by atoms with Crippen LogP contribution in [0.15, 0.2) is 18.7 Å². The van der Waals surface area contributed by atoms with Crippen LogP contribution >= 0.6 is 0 Å². The number of rotatable bonds is 14. The van der Waals surface area contributed by atoms with Crippen molar-refractivity contribution in [3.63, 3.8) is 0 Å². The van der Waals surface area contributed by atoms with Crippen LogP contribution in [0.1, 0.15) is 53.4 Å². The fraction of sp³-hybridized carbons (Fsp3) is 0.842. The summed E-state index contributed by atoms with van der Waals surface area (Å²) in [5, 5.41) is 0. The van der Waals surface area contributed by atoms with Crippen molar-refractivity contribution in [2.45, 2.75) is 66.5 Å². The molecule has 0 aliphatic carbocycles.